The van der Waals surface area contributed by atoms with Crippen LogP contribution in [0.4, 0.5) is 0 Å². The van der Waals surface area contributed by atoms with Crippen molar-refractivity contribution in [1.29, 1.82) is 0 Å². The maximum absolute atomic E-state index is 3.72. The van der Waals surface area contributed by atoms with Crippen LogP contribution in [0.1, 0.15) is 16.7 Å². The quantitative estimate of drug-likeness (QED) is 0.642. The zero-order valence-corrected chi connectivity index (χ0v) is 12.2. The zero-order chi connectivity index (χ0) is 11.2. The van der Waals surface area contributed by atoms with E-state index in [4.69, 9.17) is 0 Å². The number of hydrogen-bond acceptors (Lipinski definition) is 0. The number of hydrogen-bond donors (Lipinski definition) is 0. The molecule has 1 aliphatic carbocycles. The second kappa shape index (κ2) is 7.30. The van der Waals surface area contributed by atoms with Crippen molar-refractivity contribution in [2.75, 3.05) is 0 Å². The van der Waals surface area contributed by atoms with E-state index < -0.39 is 0 Å². The predicted octanol–water partition coefficient (Wildman–Crippen LogP) is 4.12. The Morgan fingerprint density at radius 2 is 1.47 bits per heavy atom. The van der Waals surface area contributed by atoms with E-state index in [0.717, 1.165) is 12.0 Å². The first-order valence-electron chi connectivity index (χ1n) is 5.48. The molecule has 0 spiro atoms. The van der Waals surface area contributed by atoms with Gasteiger partial charge in [0.25, 0.3) is 0 Å². The third-order valence-electron chi connectivity index (χ3n) is 2.53. The Bertz CT molecular complexity index is 472. The second-order valence-corrected chi connectivity index (χ2v) is 3.79. The summed E-state index contributed by atoms with van der Waals surface area (Å²) >= 11 is 0. The van der Waals surface area contributed by atoms with E-state index in [9.17, 15) is 0 Å². The van der Waals surface area contributed by atoms with Gasteiger partial charge in [0, 0.05) is 26.2 Å². The molecule has 0 aromatic heterocycles. The van der Waals surface area contributed by atoms with E-state index in [2.05, 4.69) is 43.3 Å². The van der Waals surface area contributed by atoms with Crippen LogP contribution < -0.4 is 0 Å². The van der Waals surface area contributed by atoms with Crippen molar-refractivity contribution in [1.82, 2.24) is 0 Å². The van der Waals surface area contributed by atoms with Gasteiger partial charge >= 0.3 is 0 Å². The van der Waals surface area contributed by atoms with E-state index in [1.54, 1.807) is 0 Å². The summed E-state index contributed by atoms with van der Waals surface area (Å²) in [5, 5.41) is 0. The summed E-state index contributed by atoms with van der Waals surface area (Å²) in [7, 11) is 0. The van der Waals surface area contributed by atoms with Gasteiger partial charge in [-0.1, -0.05) is 42.5 Å². The maximum Gasteiger partial charge on any atom is 0 e. The third-order valence-corrected chi connectivity index (χ3v) is 2.53. The van der Waals surface area contributed by atoms with Gasteiger partial charge in [-0.05, 0) is 17.5 Å². The topological polar surface area (TPSA) is 0 Å². The van der Waals surface area contributed by atoms with Crippen LogP contribution in [0.15, 0.2) is 60.7 Å². The summed E-state index contributed by atoms with van der Waals surface area (Å²) in [4.78, 5) is 0. The predicted molar refractivity (Wildman–Crippen MR) is 70.1 cm³/mol. The molecule has 0 nitrogen and oxygen atoms in total. The summed E-state index contributed by atoms with van der Waals surface area (Å²) < 4.78 is 0. The van der Waals surface area contributed by atoms with E-state index >= 15 is 0 Å². The number of benzene rings is 2. The Kier molecular flexibility index (Phi) is 6.01. The Morgan fingerprint density at radius 3 is 2.06 bits per heavy atom. The molecule has 0 saturated heterocycles. The third kappa shape index (κ3) is 4.36. The van der Waals surface area contributed by atoms with Gasteiger partial charge in [-0.2, -0.15) is 24.6 Å². The molecule has 0 fully saturated rings. The fraction of sp³-hybridized carbons (Fsp3) is 0.0625. The van der Waals surface area contributed by atoms with Crippen molar-refractivity contribution in [2.45, 2.75) is 6.42 Å². The van der Waals surface area contributed by atoms with Gasteiger partial charge in [-0.25, -0.2) is 0 Å². The molecule has 17 heavy (non-hydrogen) atoms. The molecule has 0 saturated carbocycles. The summed E-state index contributed by atoms with van der Waals surface area (Å²) in [5.41, 5.74) is 3.91. The van der Waals surface area contributed by atoms with Gasteiger partial charge in [0.2, 0.25) is 0 Å². The fourth-order valence-electron chi connectivity index (χ4n) is 1.67. The molecule has 0 radical (unpaired) electrons. The molecule has 0 heterocycles. The van der Waals surface area contributed by atoms with Crippen LogP contribution in [0.3, 0.4) is 0 Å². The van der Waals surface area contributed by atoms with Crippen molar-refractivity contribution in [2.24, 2.45) is 0 Å². The molecular weight excluding hydrogens is 283 g/mol. The molecule has 0 N–H and O–H groups in total. The Morgan fingerprint density at radius 1 is 0.824 bits per heavy atom. The smallest absolute Gasteiger partial charge is 0 e. The molecule has 1 aliphatic rings. The molecule has 0 atom stereocenters. The molecule has 1 heteroatoms. The van der Waals surface area contributed by atoms with Gasteiger partial charge in [-0.3, -0.25) is 0 Å². The van der Waals surface area contributed by atoms with Gasteiger partial charge < -0.3 is 0 Å². The van der Waals surface area contributed by atoms with Crippen LogP contribution in [-0.4, -0.2) is 0 Å². The summed E-state index contributed by atoms with van der Waals surface area (Å²) in [5.74, 6) is 0. The van der Waals surface area contributed by atoms with Gasteiger partial charge in [0.1, 0.15) is 0 Å². The van der Waals surface area contributed by atoms with E-state index in [1.165, 1.54) is 11.1 Å². The normalized spacial score (nSPS) is 10.8. The monoisotopic (exact) mass is 297 g/mol. The Balaban J connectivity index is 0.000000166. The first-order chi connectivity index (χ1) is 7.86. The SMILES string of the molecule is C1=Cc2ccccc2C1.[CH2-]c1ccccc1.[Zr]. The first kappa shape index (κ1) is 14.0. The fourth-order valence-corrected chi connectivity index (χ4v) is 1.67. The summed E-state index contributed by atoms with van der Waals surface area (Å²) in [6, 6.07) is 18.4. The Hall–Kier alpha value is -1.07. The molecule has 0 amide bonds. The number of rotatable bonds is 0. The molecule has 0 bridgehead atoms. The standard InChI is InChI=1S/C9H8.C7H7.Zr/c1-2-5-9-7-3-6-8(9)4-1;1-7-5-3-2-4-6-7;/h1-6H,7H2;2-6H,1H2;/q;-1;. The van der Waals surface area contributed by atoms with E-state index in [0.29, 0.717) is 0 Å². The Labute approximate surface area is 123 Å². The minimum absolute atomic E-state index is 0. The average Bonchev–Trinajstić information content (AvgIpc) is 2.79. The van der Waals surface area contributed by atoms with Crippen LogP contribution in [-0.2, 0) is 32.6 Å². The van der Waals surface area contributed by atoms with Crippen LogP contribution in [0.25, 0.3) is 6.08 Å². The van der Waals surface area contributed by atoms with Gasteiger partial charge in [0.05, 0.1) is 0 Å². The summed E-state index contributed by atoms with van der Waals surface area (Å²) in [6.07, 6.45) is 5.50. The zero-order valence-electron chi connectivity index (χ0n) is 9.77. The molecular formula is C16H15Zr-. The van der Waals surface area contributed by atoms with Gasteiger partial charge in [-0.15, -0.1) is 12.1 Å². The molecule has 2 aromatic carbocycles. The first-order valence-corrected chi connectivity index (χ1v) is 5.48. The summed E-state index contributed by atoms with van der Waals surface area (Å²) in [6.45, 7) is 3.72. The van der Waals surface area contributed by atoms with Crippen LogP contribution in [0.5, 0.6) is 0 Å². The molecule has 84 valence electrons. The second-order valence-electron chi connectivity index (χ2n) is 3.79. The van der Waals surface area contributed by atoms with Crippen LogP contribution in [0, 0.1) is 6.92 Å². The number of fused-ring (bicyclic) bond motifs is 1. The maximum atomic E-state index is 3.72. The minimum Gasteiger partial charge on any atom is -0.199 e. The molecule has 3 rings (SSSR count). The van der Waals surface area contributed by atoms with Crippen LogP contribution >= 0.6 is 0 Å². The van der Waals surface area contributed by atoms with Crippen molar-refractivity contribution < 1.29 is 26.2 Å². The van der Waals surface area contributed by atoms with Crippen molar-refractivity contribution in [3.05, 3.63) is 84.3 Å². The number of allylic oxidation sites excluding steroid dienone is 1. The van der Waals surface area contributed by atoms with Crippen molar-refractivity contribution in [3.8, 4) is 0 Å². The molecule has 2 aromatic rings. The van der Waals surface area contributed by atoms with E-state index in [-0.39, 0.29) is 26.2 Å². The molecule has 0 unspecified atom stereocenters. The average molecular weight is 299 g/mol. The van der Waals surface area contributed by atoms with E-state index in [1.807, 2.05) is 30.3 Å². The van der Waals surface area contributed by atoms with Crippen molar-refractivity contribution >= 4 is 6.08 Å². The minimum atomic E-state index is 0. The van der Waals surface area contributed by atoms with Gasteiger partial charge in [0.15, 0.2) is 0 Å². The largest absolute Gasteiger partial charge is 0.199 e. The van der Waals surface area contributed by atoms with Crippen molar-refractivity contribution in [3.63, 3.8) is 0 Å². The van der Waals surface area contributed by atoms with Crippen LogP contribution in [0.2, 0.25) is 0 Å². The molecule has 0 aliphatic heterocycles.